The van der Waals surface area contributed by atoms with Crippen molar-refractivity contribution < 1.29 is 4.39 Å². The largest absolute Gasteiger partial charge is 0.378 e. The average molecular weight is 333 g/mol. The lowest BCUT2D eigenvalue weighted by Gasteiger charge is -2.09. The SMILES string of the molecule is Cc1nn(C)c(CNc2ccc(F)cc2Cl)c1Br. The van der Waals surface area contributed by atoms with Crippen LogP contribution in [0.5, 0.6) is 0 Å². The maximum absolute atomic E-state index is 12.9. The summed E-state index contributed by atoms with van der Waals surface area (Å²) in [6, 6.07) is 4.28. The van der Waals surface area contributed by atoms with Gasteiger partial charge in [0.05, 0.1) is 33.1 Å². The molecule has 0 saturated heterocycles. The van der Waals surface area contributed by atoms with Gasteiger partial charge in [-0.3, -0.25) is 4.68 Å². The number of aromatic nitrogens is 2. The predicted octanol–water partition coefficient (Wildman–Crippen LogP) is 3.90. The van der Waals surface area contributed by atoms with Gasteiger partial charge in [-0.05, 0) is 41.1 Å². The quantitative estimate of drug-likeness (QED) is 0.924. The lowest BCUT2D eigenvalue weighted by molar-refractivity contribution is 0.628. The summed E-state index contributed by atoms with van der Waals surface area (Å²) in [5.41, 5.74) is 2.64. The van der Waals surface area contributed by atoms with Crippen LogP contribution >= 0.6 is 27.5 Å². The minimum atomic E-state index is -0.344. The van der Waals surface area contributed by atoms with Gasteiger partial charge in [-0.2, -0.15) is 5.10 Å². The highest BCUT2D eigenvalue weighted by Crippen LogP contribution is 2.25. The van der Waals surface area contributed by atoms with Gasteiger partial charge in [0.1, 0.15) is 5.82 Å². The topological polar surface area (TPSA) is 29.9 Å². The van der Waals surface area contributed by atoms with Gasteiger partial charge in [0.15, 0.2) is 0 Å². The molecule has 0 unspecified atom stereocenters. The molecule has 3 nitrogen and oxygen atoms in total. The van der Waals surface area contributed by atoms with Gasteiger partial charge in [-0.15, -0.1) is 0 Å². The zero-order chi connectivity index (χ0) is 13.3. The average Bonchev–Trinajstić information content (AvgIpc) is 2.53. The van der Waals surface area contributed by atoms with Gasteiger partial charge >= 0.3 is 0 Å². The summed E-state index contributed by atoms with van der Waals surface area (Å²) >= 11 is 9.43. The second-order valence-corrected chi connectivity index (χ2v) is 5.15. The molecular formula is C12H12BrClFN3. The Balaban J connectivity index is 2.16. The number of anilines is 1. The summed E-state index contributed by atoms with van der Waals surface area (Å²) in [6.45, 7) is 2.49. The van der Waals surface area contributed by atoms with Crippen molar-refractivity contribution in [3.63, 3.8) is 0 Å². The molecule has 0 atom stereocenters. The summed E-state index contributed by atoms with van der Waals surface area (Å²) in [7, 11) is 1.88. The molecule has 0 aliphatic rings. The molecule has 96 valence electrons. The number of benzene rings is 1. The zero-order valence-electron chi connectivity index (χ0n) is 9.97. The molecule has 0 saturated carbocycles. The molecule has 0 radical (unpaired) electrons. The summed E-state index contributed by atoms with van der Waals surface area (Å²) in [6.07, 6.45) is 0. The van der Waals surface area contributed by atoms with Crippen molar-refractivity contribution in [3.05, 3.63) is 44.9 Å². The van der Waals surface area contributed by atoms with E-state index in [0.29, 0.717) is 17.3 Å². The molecule has 1 aromatic heterocycles. The lowest BCUT2D eigenvalue weighted by Crippen LogP contribution is -2.06. The number of hydrogen-bond acceptors (Lipinski definition) is 2. The van der Waals surface area contributed by atoms with Gasteiger partial charge in [0, 0.05) is 7.05 Å². The Hall–Kier alpha value is -1.07. The second kappa shape index (κ2) is 5.28. The lowest BCUT2D eigenvalue weighted by atomic mass is 10.3. The molecule has 6 heteroatoms. The molecule has 0 fully saturated rings. The van der Waals surface area contributed by atoms with Crippen molar-refractivity contribution in [2.75, 3.05) is 5.32 Å². The van der Waals surface area contributed by atoms with E-state index in [1.165, 1.54) is 12.1 Å². The molecular weight excluding hydrogens is 321 g/mol. The molecule has 0 aliphatic heterocycles. The molecule has 0 aliphatic carbocycles. The van der Waals surface area contributed by atoms with Crippen molar-refractivity contribution in [2.24, 2.45) is 7.05 Å². The van der Waals surface area contributed by atoms with Crippen LogP contribution in [-0.2, 0) is 13.6 Å². The van der Waals surface area contributed by atoms with E-state index in [1.54, 1.807) is 10.7 Å². The maximum Gasteiger partial charge on any atom is 0.124 e. The van der Waals surface area contributed by atoms with Crippen LogP contribution in [0.25, 0.3) is 0 Å². The van der Waals surface area contributed by atoms with Crippen molar-refractivity contribution in [2.45, 2.75) is 13.5 Å². The maximum atomic E-state index is 12.9. The van der Waals surface area contributed by atoms with E-state index in [9.17, 15) is 4.39 Å². The number of nitrogens with one attached hydrogen (secondary N) is 1. The smallest absolute Gasteiger partial charge is 0.124 e. The van der Waals surface area contributed by atoms with Crippen LogP contribution in [0.1, 0.15) is 11.4 Å². The van der Waals surface area contributed by atoms with Gasteiger partial charge in [-0.1, -0.05) is 11.6 Å². The van der Waals surface area contributed by atoms with Crippen molar-refractivity contribution in [3.8, 4) is 0 Å². The molecule has 1 N–H and O–H groups in total. The first-order valence-corrected chi connectivity index (χ1v) is 6.53. The van der Waals surface area contributed by atoms with Crippen molar-refractivity contribution in [1.29, 1.82) is 0 Å². The zero-order valence-corrected chi connectivity index (χ0v) is 12.3. The van der Waals surface area contributed by atoms with E-state index in [1.807, 2.05) is 14.0 Å². The summed E-state index contributed by atoms with van der Waals surface area (Å²) in [4.78, 5) is 0. The Morgan fingerprint density at radius 1 is 1.50 bits per heavy atom. The third-order valence-electron chi connectivity index (χ3n) is 2.64. The molecule has 2 aromatic rings. The van der Waals surface area contributed by atoms with Crippen LogP contribution < -0.4 is 5.32 Å². The highest BCUT2D eigenvalue weighted by Gasteiger charge is 2.10. The van der Waals surface area contributed by atoms with E-state index in [2.05, 4.69) is 26.3 Å². The summed E-state index contributed by atoms with van der Waals surface area (Å²) in [5, 5.41) is 7.82. The number of hydrogen-bond donors (Lipinski definition) is 1. The van der Waals surface area contributed by atoms with E-state index < -0.39 is 0 Å². The molecule has 0 bridgehead atoms. The number of aryl methyl sites for hydroxylation is 2. The first kappa shape index (κ1) is 13.4. The number of halogens is 3. The van der Waals surface area contributed by atoms with Gasteiger partial charge in [0.2, 0.25) is 0 Å². The summed E-state index contributed by atoms with van der Waals surface area (Å²) in [5.74, 6) is -0.344. The Morgan fingerprint density at radius 3 is 2.78 bits per heavy atom. The first-order valence-electron chi connectivity index (χ1n) is 5.36. The van der Waals surface area contributed by atoms with E-state index in [4.69, 9.17) is 11.6 Å². The molecule has 0 amide bonds. The molecule has 1 aromatic carbocycles. The third kappa shape index (κ3) is 2.67. The van der Waals surface area contributed by atoms with E-state index >= 15 is 0 Å². The van der Waals surface area contributed by atoms with Crippen molar-refractivity contribution >= 4 is 33.2 Å². The Labute approximate surface area is 118 Å². The van der Waals surface area contributed by atoms with Crippen LogP contribution in [0.3, 0.4) is 0 Å². The number of nitrogens with zero attached hydrogens (tertiary/aromatic N) is 2. The molecule has 0 spiro atoms. The molecule has 2 rings (SSSR count). The highest BCUT2D eigenvalue weighted by molar-refractivity contribution is 9.10. The first-order chi connectivity index (χ1) is 8.49. The Kier molecular flexibility index (Phi) is 3.92. The summed E-state index contributed by atoms with van der Waals surface area (Å²) < 4.78 is 15.7. The Morgan fingerprint density at radius 2 is 2.22 bits per heavy atom. The minimum Gasteiger partial charge on any atom is -0.378 e. The van der Waals surface area contributed by atoms with Gasteiger partial charge < -0.3 is 5.32 Å². The fourth-order valence-electron chi connectivity index (χ4n) is 1.68. The molecule has 18 heavy (non-hydrogen) atoms. The highest BCUT2D eigenvalue weighted by atomic mass is 79.9. The van der Waals surface area contributed by atoms with Crippen LogP contribution in [0.4, 0.5) is 10.1 Å². The fraction of sp³-hybridized carbons (Fsp3) is 0.250. The monoisotopic (exact) mass is 331 g/mol. The standard InChI is InChI=1S/C12H12BrClFN3/c1-7-12(13)11(18(2)17-7)6-16-10-4-3-8(15)5-9(10)14/h3-5,16H,6H2,1-2H3. The second-order valence-electron chi connectivity index (χ2n) is 3.95. The van der Waals surface area contributed by atoms with Crippen molar-refractivity contribution in [1.82, 2.24) is 9.78 Å². The predicted molar refractivity (Wildman–Crippen MR) is 74.4 cm³/mol. The van der Waals surface area contributed by atoms with Crippen LogP contribution in [0.15, 0.2) is 22.7 Å². The molecule has 1 heterocycles. The Bertz CT molecular complexity index is 583. The van der Waals surface area contributed by atoms with Gasteiger partial charge in [0.25, 0.3) is 0 Å². The van der Waals surface area contributed by atoms with Crippen LogP contribution in [0, 0.1) is 12.7 Å². The normalized spacial score (nSPS) is 10.7. The van der Waals surface area contributed by atoms with Gasteiger partial charge in [-0.25, -0.2) is 4.39 Å². The third-order valence-corrected chi connectivity index (χ3v) is 3.98. The minimum absolute atomic E-state index is 0.344. The van der Waals surface area contributed by atoms with Crippen LogP contribution in [0.2, 0.25) is 5.02 Å². The number of rotatable bonds is 3. The van der Waals surface area contributed by atoms with Crippen LogP contribution in [-0.4, -0.2) is 9.78 Å². The fourth-order valence-corrected chi connectivity index (χ4v) is 2.39. The van der Waals surface area contributed by atoms with E-state index in [0.717, 1.165) is 15.9 Å². The van der Waals surface area contributed by atoms with E-state index in [-0.39, 0.29) is 5.82 Å².